The van der Waals surface area contributed by atoms with Gasteiger partial charge in [-0.25, -0.2) is 4.98 Å². The maximum absolute atomic E-state index is 6.74. The van der Waals surface area contributed by atoms with Gasteiger partial charge >= 0.3 is 0 Å². The van der Waals surface area contributed by atoms with E-state index in [9.17, 15) is 0 Å². The predicted octanol–water partition coefficient (Wildman–Crippen LogP) is 14.1. The highest BCUT2D eigenvalue weighted by Gasteiger charge is 2.23. The lowest BCUT2D eigenvalue weighted by Crippen LogP contribution is -2.06. The molecule has 0 spiro atoms. The molecule has 13 aromatic rings. The Balaban J connectivity index is 1.14. The first-order valence-corrected chi connectivity index (χ1v) is 20.5. The van der Waals surface area contributed by atoms with Crippen molar-refractivity contribution in [1.29, 1.82) is 0 Å². The third kappa shape index (κ3) is 5.12. The number of furan rings is 1. The van der Waals surface area contributed by atoms with Gasteiger partial charge in [-0.1, -0.05) is 158 Å². The van der Waals surface area contributed by atoms with Crippen LogP contribution in [0.2, 0.25) is 0 Å². The molecule has 284 valence electrons. The van der Waals surface area contributed by atoms with E-state index >= 15 is 0 Å². The van der Waals surface area contributed by atoms with Crippen LogP contribution in [0, 0.1) is 0 Å². The van der Waals surface area contributed by atoms with Crippen LogP contribution in [0.4, 0.5) is 0 Å². The number of aromatic nitrogens is 5. The predicted molar refractivity (Wildman–Crippen MR) is 250 cm³/mol. The van der Waals surface area contributed by atoms with Crippen molar-refractivity contribution in [3.63, 3.8) is 0 Å². The van der Waals surface area contributed by atoms with Gasteiger partial charge in [-0.3, -0.25) is 4.57 Å². The maximum Gasteiger partial charge on any atom is 0.238 e. The van der Waals surface area contributed by atoms with E-state index in [0.717, 1.165) is 82.7 Å². The van der Waals surface area contributed by atoms with Gasteiger partial charge in [0, 0.05) is 54.7 Å². The zero-order valence-corrected chi connectivity index (χ0v) is 32.7. The minimum Gasteiger partial charge on any atom is -0.455 e. The van der Waals surface area contributed by atoms with Crippen molar-refractivity contribution >= 4 is 76.3 Å². The fourth-order valence-corrected chi connectivity index (χ4v) is 9.42. The van der Waals surface area contributed by atoms with Gasteiger partial charge in [-0.2, -0.15) is 9.97 Å². The second-order valence-corrected chi connectivity index (χ2v) is 15.6. The largest absolute Gasteiger partial charge is 0.455 e. The Morgan fingerprint density at radius 2 is 0.902 bits per heavy atom. The Morgan fingerprint density at radius 1 is 0.344 bits per heavy atom. The van der Waals surface area contributed by atoms with Crippen molar-refractivity contribution in [2.75, 3.05) is 0 Å². The van der Waals surface area contributed by atoms with Crippen LogP contribution in [0.1, 0.15) is 0 Å². The van der Waals surface area contributed by atoms with Crippen LogP contribution in [0.15, 0.2) is 205 Å². The lowest BCUT2D eigenvalue weighted by molar-refractivity contribution is 0.670. The normalized spacial score (nSPS) is 11.9. The van der Waals surface area contributed by atoms with Crippen LogP contribution in [0.25, 0.3) is 122 Å². The molecular weight excluding hydrogens is 747 g/mol. The number of para-hydroxylation sites is 3. The molecule has 61 heavy (non-hydrogen) atoms. The Hall–Kier alpha value is -8.35. The second kappa shape index (κ2) is 13.1. The number of nitrogens with zero attached hydrogens (tertiary/aromatic N) is 5. The van der Waals surface area contributed by atoms with E-state index in [0.29, 0.717) is 17.6 Å². The molecule has 9 aromatic carbocycles. The van der Waals surface area contributed by atoms with Crippen molar-refractivity contribution in [3.05, 3.63) is 200 Å². The summed E-state index contributed by atoms with van der Waals surface area (Å²) in [5.41, 5.74) is 11.1. The van der Waals surface area contributed by atoms with E-state index in [-0.39, 0.29) is 0 Å². The van der Waals surface area contributed by atoms with Gasteiger partial charge in [-0.05, 0) is 58.8 Å². The summed E-state index contributed by atoms with van der Waals surface area (Å²) in [6.45, 7) is 0. The summed E-state index contributed by atoms with van der Waals surface area (Å²) >= 11 is 0. The van der Waals surface area contributed by atoms with Gasteiger partial charge in [0.25, 0.3) is 0 Å². The van der Waals surface area contributed by atoms with Crippen LogP contribution in [0.5, 0.6) is 0 Å². The van der Waals surface area contributed by atoms with E-state index in [4.69, 9.17) is 19.4 Å². The zero-order chi connectivity index (χ0) is 40.0. The monoisotopic (exact) mass is 779 g/mol. The molecule has 6 heteroatoms. The number of rotatable bonds is 5. The first-order valence-electron chi connectivity index (χ1n) is 20.5. The molecule has 0 amide bonds. The fourth-order valence-electron chi connectivity index (χ4n) is 9.42. The Kier molecular flexibility index (Phi) is 7.21. The molecule has 0 radical (unpaired) electrons. The minimum absolute atomic E-state index is 0.561. The van der Waals surface area contributed by atoms with E-state index in [1.165, 1.54) is 21.5 Å². The van der Waals surface area contributed by atoms with E-state index in [1.807, 2.05) is 66.7 Å². The summed E-state index contributed by atoms with van der Waals surface area (Å²) in [5.74, 6) is 1.80. The average Bonchev–Trinajstić information content (AvgIpc) is 3.98. The molecule has 6 nitrogen and oxygen atoms in total. The molecular formula is C55H33N5O. The van der Waals surface area contributed by atoms with Gasteiger partial charge in [0.2, 0.25) is 5.95 Å². The van der Waals surface area contributed by atoms with Crippen LogP contribution < -0.4 is 0 Å². The van der Waals surface area contributed by atoms with E-state index < -0.39 is 0 Å². The molecule has 0 aliphatic rings. The lowest BCUT2D eigenvalue weighted by atomic mass is 9.96. The summed E-state index contributed by atoms with van der Waals surface area (Å²) in [6.07, 6.45) is 0. The van der Waals surface area contributed by atoms with Crippen LogP contribution in [-0.2, 0) is 0 Å². The van der Waals surface area contributed by atoms with Crippen molar-refractivity contribution in [1.82, 2.24) is 24.1 Å². The van der Waals surface area contributed by atoms with Crippen LogP contribution in [0.3, 0.4) is 0 Å². The summed E-state index contributed by atoms with van der Waals surface area (Å²) in [6, 6.07) is 70.3. The molecule has 4 aromatic heterocycles. The van der Waals surface area contributed by atoms with Crippen molar-refractivity contribution in [2.45, 2.75) is 0 Å². The van der Waals surface area contributed by atoms with Gasteiger partial charge in [0.15, 0.2) is 11.6 Å². The van der Waals surface area contributed by atoms with Crippen molar-refractivity contribution < 1.29 is 4.42 Å². The molecule has 4 heterocycles. The van der Waals surface area contributed by atoms with Crippen molar-refractivity contribution in [2.24, 2.45) is 0 Å². The summed E-state index contributed by atoms with van der Waals surface area (Å²) in [7, 11) is 0. The SMILES string of the molecule is c1ccc(-c2nc(-c3ccccc3)nc(-n3c4ccccc4c4cc5c6ccccc6n(-c6cc(-c7cccc8ccccc78)c7oc8ccccc8c7c6)c5cc43)n2)cc1. The Labute approximate surface area is 349 Å². The van der Waals surface area contributed by atoms with Crippen LogP contribution in [-0.4, -0.2) is 24.1 Å². The molecule has 0 unspecified atom stereocenters. The average molecular weight is 780 g/mol. The molecule has 0 atom stereocenters. The van der Waals surface area contributed by atoms with Gasteiger partial charge < -0.3 is 8.98 Å². The standard InChI is InChI=1S/C55H33N5O/c1-3-17-35(18-4-1)53-56-54(36-19-5-2-6-20-36)58-55(57-53)60-48-28-13-10-24-41(48)44-32-43-40-23-9-12-27-47(40)59(49(43)33-50(44)60)37-30-45(39-26-15-21-34-16-7-8-22-38(34)39)52-46(31-37)42-25-11-14-29-51(42)61-52/h1-33H. The molecule has 13 rings (SSSR count). The highest BCUT2D eigenvalue weighted by Crippen LogP contribution is 2.44. The van der Waals surface area contributed by atoms with Gasteiger partial charge in [0.05, 0.1) is 22.1 Å². The number of fused-ring (bicyclic) bond motifs is 10. The number of hydrogen-bond donors (Lipinski definition) is 0. The molecule has 0 aliphatic heterocycles. The molecule has 0 aliphatic carbocycles. The summed E-state index contributed by atoms with van der Waals surface area (Å²) in [5, 5.41) is 9.13. The minimum atomic E-state index is 0.561. The summed E-state index contributed by atoms with van der Waals surface area (Å²) in [4.78, 5) is 15.5. The van der Waals surface area contributed by atoms with E-state index in [1.54, 1.807) is 0 Å². The first-order chi connectivity index (χ1) is 30.2. The topological polar surface area (TPSA) is 61.7 Å². The fraction of sp³-hybridized carbons (Fsp3) is 0. The quantitative estimate of drug-likeness (QED) is 0.175. The van der Waals surface area contributed by atoms with Gasteiger partial charge in [0.1, 0.15) is 11.2 Å². The van der Waals surface area contributed by atoms with Gasteiger partial charge in [-0.15, -0.1) is 0 Å². The highest BCUT2D eigenvalue weighted by molar-refractivity contribution is 6.20. The molecule has 0 bridgehead atoms. The molecule has 0 saturated carbocycles. The first kappa shape index (κ1) is 33.6. The third-order valence-electron chi connectivity index (χ3n) is 12.2. The zero-order valence-electron chi connectivity index (χ0n) is 32.7. The highest BCUT2D eigenvalue weighted by atomic mass is 16.3. The third-order valence-corrected chi connectivity index (χ3v) is 12.2. The second-order valence-electron chi connectivity index (χ2n) is 15.6. The molecule has 0 fully saturated rings. The molecule has 0 N–H and O–H groups in total. The Bertz CT molecular complexity index is 3820. The maximum atomic E-state index is 6.74. The van der Waals surface area contributed by atoms with Crippen LogP contribution >= 0.6 is 0 Å². The summed E-state index contributed by atoms with van der Waals surface area (Å²) < 4.78 is 11.4. The number of benzene rings is 9. The van der Waals surface area contributed by atoms with Crippen molar-refractivity contribution in [3.8, 4) is 45.5 Å². The molecule has 0 saturated heterocycles. The van der Waals surface area contributed by atoms with E-state index in [2.05, 4.69) is 143 Å². The number of hydrogen-bond acceptors (Lipinski definition) is 4. The smallest absolute Gasteiger partial charge is 0.238 e. The lowest BCUT2D eigenvalue weighted by Gasteiger charge is -2.14. The Morgan fingerprint density at radius 3 is 1.61 bits per heavy atom.